The van der Waals surface area contributed by atoms with Crippen molar-refractivity contribution in [3.8, 4) is 5.75 Å². The van der Waals surface area contributed by atoms with Gasteiger partial charge in [-0.2, -0.15) is 0 Å². The molecule has 0 fully saturated rings. The van der Waals surface area contributed by atoms with Crippen LogP contribution in [-0.2, 0) is 4.79 Å². The van der Waals surface area contributed by atoms with Crippen LogP contribution in [0.2, 0.25) is 0 Å². The van der Waals surface area contributed by atoms with Crippen LogP contribution in [0.25, 0.3) is 10.9 Å². The van der Waals surface area contributed by atoms with Crippen molar-refractivity contribution in [2.45, 2.75) is 41.0 Å². The summed E-state index contributed by atoms with van der Waals surface area (Å²) >= 11 is 0. The number of nitrogens with zero attached hydrogens (tertiary/aromatic N) is 1. The van der Waals surface area contributed by atoms with Crippen LogP contribution in [0.1, 0.15) is 50.2 Å². The Balaban J connectivity index is 2.40. The molecule has 0 amide bonds. The lowest BCUT2D eigenvalue weighted by molar-refractivity contribution is -0.129. The van der Waals surface area contributed by atoms with E-state index in [0.717, 1.165) is 0 Å². The van der Waals surface area contributed by atoms with E-state index in [1.54, 1.807) is 25.1 Å². The first-order valence-electron chi connectivity index (χ1n) is 8.62. The number of Topliss-reactive ketones (excluding diaryl/α,β-unsaturated/α-hetero) is 1. The van der Waals surface area contributed by atoms with Gasteiger partial charge in [-0.3, -0.25) is 9.78 Å². The third-order valence-corrected chi connectivity index (χ3v) is 4.34. The number of nitrogens with two attached hydrogens (primary N) is 1. The normalized spacial score (nSPS) is 11.8. The minimum absolute atomic E-state index is 0.0244. The van der Waals surface area contributed by atoms with E-state index < -0.39 is 11.4 Å². The van der Waals surface area contributed by atoms with Gasteiger partial charge in [0.25, 0.3) is 0 Å². The third-order valence-electron chi connectivity index (χ3n) is 4.34. The van der Waals surface area contributed by atoms with Crippen molar-refractivity contribution in [1.82, 2.24) is 4.98 Å². The second-order valence-electron chi connectivity index (χ2n) is 7.64. The van der Waals surface area contributed by atoms with Gasteiger partial charge in [0.1, 0.15) is 23.7 Å². The molecule has 0 bridgehead atoms. The molecule has 0 saturated heterocycles. The molecule has 3 N–H and O–H groups in total. The van der Waals surface area contributed by atoms with Crippen LogP contribution < -0.4 is 10.5 Å². The molecule has 0 aliphatic carbocycles. The molecule has 6 nitrogen and oxygen atoms in total. The number of carbonyl (C=O) groups excluding carboxylic acids is 1. The molecule has 0 radical (unpaired) electrons. The number of nitrogen functional groups attached to an aromatic ring is 1. The number of ketones is 1. The minimum Gasteiger partial charge on any atom is -0.492 e. The van der Waals surface area contributed by atoms with Crippen LogP contribution in [0, 0.1) is 18.3 Å². The first-order chi connectivity index (χ1) is 12.0. The fourth-order valence-electron chi connectivity index (χ4n) is 2.82. The summed E-state index contributed by atoms with van der Waals surface area (Å²) in [6.45, 7) is 9.48. The Morgan fingerprint density at radius 3 is 2.54 bits per heavy atom. The van der Waals surface area contributed by atoms with Gasteiger partial charge in [0.15, 0.2) is 0 Å². The van der Waals surface area contributed by atoms with Crippen LogP contribution in [0.3, 0.4) is 0 Å². The number of aromatic carboxylic acids is 1. The highest BCUT2D eigenvalue weighted by atomic mass is 16.5. The number of benzene rings is 1. The molecule has 26 heavy (non-hydrogen) atoms. The number of rotatable bonds is 7. The first kappa shape index (κ1) is 19.7. The molecule has 0 spiro atoms. The van der Waals surface area contributed by atoms with Gasteiger partial charge in [-0.25, -0.2) is 4.79 Å². The molecule has 6 heteroatoms. The fourth-order valence-corrected chi connectivity index (χ4v) is 2.82. The van der Waals surface area contributed by atoms with Gasteiger partial charge in [-0.1, -0.05) is 19.9 Å². The molecule has 1 heterocycles. The van der Waals surface area contributed by atoms with E-state index in [9.17, 15) is 14.7 Å². The maximum absolute atomic E-state index is 12.4. The van der Waals surface area contributed by atoms with Gasteiger partial charge < -0.3 is 15.6 Å². The first-order valence-corrected chi connectivity index (χ1v) is 8.62. The molecule has 0 atom stereocenters. The molecule has 1 aromatic carbocycles. The Morgan fingerprint density at radius 2 is 1.96 bits per heavy atom. The van der Waals surface area contributed by atoms with Gasteiger partial charge in [-0.05, 0) is 38.8 Å². The number of fused-ring (bicyclic) bond motifs is 1. The van der Waals surface area contributed by atoms with Crippen LogP contribution in [0.4, 0.5) is 5.69 Å². The number of carboxylic acids is 1. The molecule has 2 rings (SSSR count). The maximum atomic E-state index is 12.4. The summed E-state index contributed by atoms with van der Waals surface area (Å²) in [4.78, 5) is 28.3. The molecule has 0 aliphatic heterocycles. The minimum atomic E-state index is -1.13. The van der Waals surface area contributed by atoms with Crippen LogP contribution >= 0.6 is 0 Å². The van der Waals surface area contributed by atoms with E-state index in [-0.39, 0.29) is 29.6 Å². The monoisotopic (exact) mass is 358 g/mol. The van der Waals surface area contributed by atoms with Gasteiger partial charge >= 0.3 is 5.97 Å². The van der Waals surface area contributed by atoms with E-state index in [1.165, 1.54) is 0 Å². The van der Waals surface area contributed by atoms with Crippen molar-refractivity contribution in [2.75, 3.05) is 12.3 Å². The largest absolute Gasteiger partial charge is 0.492 e. The number of carboxylic acid groups (broad SMARTS) is 1. The Kier molecular flexibility index (Phi) is 5.54. The van der Waals surface area contributed by atoms with E-state index in [4.69, 9.17) is 10.5 Å². The zero-order chi connectivity index (χ0) is 19.6. The van der Waals surface area contributed by atoms with Crippen molar-refractivity contribution in [1.29, 1.82) is 0 Å². The Hall–Kier alpha value is -2.63. The van der Waals surface area contributed by atoms with Crippen molar-refractivity contribution < 1.29 is 19.4 Å². The van der Waals surface area contributed by atoms with Crippen molar-refractivity contribution in [2.24, 2.45) is 11.3 Å². The molecule has 1 aromatic heterocycles. The molecular weight excluding hydrogens is 332 g/mol. The highest BCUT2D eigenvalue weighted by Crippen LogP contribution is 2.34. The molecule has 2 aromatic rings. The summed E-state index contributed by atoms with van der Waals surface area (Å²) in [6.07, 6.45) is 0.484. The zero-order valence-electron chi connectivity index (χ0n) is 15.9. The standard InChI is InChI=1S/C20H26N2O4/c1-11(2)9-15(23)20(4,5)10-26-14-8-6-7-13-17(14)18(21)16(19(24)25)12(3)22-13/h6-8,11H,9-10H2,1-5H3,(H2,21,22)(H,24,25). The van der Waals surface area contributed by atoms with Crippen molar-refractivity contribution in [3.63, 3.8) is 0 Å². The summed E-state index contributed by atoms with van der Waals surface area (Å²) in [5, 5.41) is 9.87. The predicted molar refractivity (Wildman–Crippen MR) is 102 cm³/mol. The molecule has 0 aliphatic rings. The summed E-state index contributed by atoms with van der Waals surface area (Å²) in [5.41, 5.74) is 6.48. The third kappa shape index (κ3) is 3.95. The fraction of sp³-hybridized carbons (Fsp3) is 0.450. The SMILES string of the molecule is Cc1nc2cccc(OCC(C)(C)C(=O)CC(C)C)c2c(N)c1C(=O)O. The van der Waals surface area contributed by atoms with Crippen molar-refractivity contribution >= 4 is 28.3 Å². The Bertz CT molecular complexity index is 857. The van der Waals surface area contributed by atoms with E-state index in [2.05, 4.69) is 4.98 Å². The highest BCUT2D eigenvalue weighted by molar-refractivity contribution is 6.06. The summed E-state index contributed by atoms with van der Waals surface area (Å²) in [6, 6.07) is 5.24. The molecular formula is C20H26N2O4. The summed E-state index contributed by atoms with van der Waals surface area (Å²) in [5.74, 6) is -0.293. The second-order valence-corrected chi connectivity index (χ2v) is 7.64. The number of ether oxygens (including phenoxy) is 1. The average Bonchev–Trinajstić information content (AvgIpc) is 2.51. The lowest BCUT2D eigenvalue weighted by Gasteiger charge is -2.25. The lowest BCUT2D eigenvalue weighted by atomic mass is 9.85. The van der Waals surface area contributed by atoms with Gasteiger partial charge in [0.2, 0.25) is 0 Å². The van der Waals surface area contributed by atoms with Crippen LogP contribution in [0.15, 0.2) is 18.2 Å². The van der Waals surface area contributed by atoms with Gasteiger partial charge in [-0.15, -0.1) is 0 Å². The predicted octanol–water partition coefficient (Wildman–Crippen LogP) is 3.84. The number of hydrogen-bond acceptors (Lipinski definition) is 5. The molecule has 0 saturated carbocycles. The lowest BCUT2D eigenvalue weighted by Crippen LogP contribution is -2.32. The number of pyridine rings is 1. The number of carbonyl (C=O) groups is 2. The zero-order valence-corrected chi connectivity index (χ0v) is 15.9. The highest BCUT2D eigenvalue weighted by Gasteiger charge is 2.29. The number of hydrogen-bond donors (Lipinski definition) is 2. The van der Waals surface area contributed by atoms with Crippen LogP contribution in [-0.4, -0.2) is 28.4 Å². The smallest absolute Gasteiger partial charge is 0.339 e. The molecule has 140 valence electrons. The van der Waals surface area contributed by atoms with E-state index in [1.807, 2.05) is 27.7 Å². The van der Waals surface area contributed by atoms with Crippen LogP contribution in [0.5, 0.6) is 5.75 Å². The molecule has 0 unspecified atom stereocenters. The van der Waals surface area contributed by atoms with Gasteiger partial charge in [0, 0.05) is 6.42 Å². The number of aryl methyl sites for hydroxylation is 1. The maximum Gasteiger partial charge on any atom is 0.339 e. The van der Waals surface area contributed by atoms with E-state index >= 15 is 0 Å². The van der Waals surface area contributed by atoms with E-state index in [0.29, 0.717) is 28.8 Å². The van der Waals surface area contributed by atoms with Crippen molar-refractivity contribution in [3.05, 3.63) is 29.5 Å². The Morgan fingerprint density at radius 1 is 1.31 bits per heavy atom. The number of aromatic nitrogens is 1. The topological polar surface area (TPSA) is 103 Å². The number of anilines is 1. The summed E-state index contributed by atoms with van der Waals surface area (Å²) < 4.78 is 5.91. The summed E-state index contributed by atoms with van der Waals surface area (Å²) in [7, 11) is 0. The quantitative estimate of drug-likeness (QED) is 0.779. The average molecular weight is 358 g/mol. The van der Waals surface area contributed by atoms with Gasteiger partial charge in [0.05, 0.1) is 27.7 Å². The Labute approximate surface area is 153 Å². The second kappa shape index (κ2) is 7.32.